The highest BCUT2D eigenvalue weighted by atomic mass is 16.2. The highest BCUT2D eigenvalue weighted by Gasteiger charge is 2.28. The van der Waals surface area contributed by atoms with Gasteiger partial charge in [0, 0.05) is 30.3 Å². The number of amides is 1. The van der Waals surface area contributed by atoms with Crippen molar-refractivity contribution in [2.24, 2.45) is 7.05 Å². The van der Waals surface area contributed by atoms with Gasteiger partial charge >= 0.3 is 0 Å². The molecule has 2 aromatic rings. The Morgan fingerprint density at radius 1 is 1.22 bits per heavy atom. The first-order valence-electron chi connectivity index (χ1n) is 8.17. The van der Waals surface area contributed by atoms with Gasteiger partial charge < -0.3 is 10.3 Å². The molecule has 0 saturated heterocycles. The summed E-state index contributed by atoms with van der Waals surface area (Å²) in [5.74, 6) is 0.726. The fourth-order valence-electron chi connectivity index (χ4n) is 3.85. The van der Waals surface area contributed by atoms with E-state index in [2.05, 4.69) is 15.4 Å². The summed E-state index contributed by atoms with van der Waals surface area (Å²) in [5, 5.41) is 7.47. The summed E-state index contributed by atoms with van der Waals surface area (Å²) in [4.78, 5) is 28.0. The molecular formula is C17H20N4O2. The Morgan fingerprint density at radius 2 is 2.00 bits per heavy atom. The number of aromatic nitrogens is 3. The van der Waals surface area contributed by atoms with Gasteiger partial charge in [0.05, 0.1) is 5.69 Å². The molecule has 0 radical (unpaired) electrons. The van der Waals surface area contributed by atoms with E-state index < -0.39 is 0 Å². The lowest BCUT2D eigenvalue weighted by Crippen LogP contribution is -2.17. The Hall–Kier alpha value is -2.37. The zero-order chi connectivity index (χ0) is 16.1. The van der Waals surface area contributed by atoms with E-state index in [0.717, 1.165) is 66.0 Å². The molecule has 0 unspecified atom stereocenters. The molecule has 120 valence electrons. The van der Waals surface area contributed by atoms with Gasteiger partial charge in [0.25, 0.3) is 5.91 Å². The molecule has 2 aliphatic carbocycles. The van der Waals surface area contributed by atoms with Crippen LogP contribution in [0.25, 0.3) is 0 Å². The predicted octanol–water partition coefficient (Wildman–Crippen LogP) is 2.32. The van der Waals surface area contributed by atoms with Crippen molar-refractivity contribution in [2.75, 3.05) is 5.32 Å². The standard InChI is InChI=1S/C17H20N4O2/c1-9-14-12(7-4-8-13(14)22)18-15(9)17(23)19-16-10-5-3-6-11(10)20-21(16)2/h18H,3-8H2,1-2H3,(H,19,23). The van der Waals surface area contributed by atoms with Crippen molar-refractivity contribution in [3.8, 4) is 0 Å². The molecule has 2 heterocycles. The van der Waals surface area contributed by atoms with Crippen LogP contribution in [0.5, 0.6) is 0 Å². The van der Waals surface area contributed by atoms with Crippen molar-refractivity contribution in [3.63, 3.8) is 0 Å². The number of aryl methyl sites for hydroxylation is 3. The lowest BCUT2D eigenvalue weighted by atomic mass is 9.94. The Morgan fingerprint density at radius 3 is 2.78 bits per heavy atom. The van der Waals surface area contributed by atoms with E-state index in [1.54, 1.807) is 4.68 Å². The van der Waals surface area contributed by atoms with E-state index in [4.69, 9.17) is 0 Å². The molecule has 4 rings (SSSR count). The highest BCUT2D eigenvalue weighted by molar-refractivity contribution is 6.08. The number of fused-ring (bicyclic) bond motifs is 2. The number of aromatic amines is 1. The maximum atomic E-state index is 12.7. The second-order valence-electron chi connectivity index (χ2n) is 6.46. The van der Waals surface area contributed by atoms with Crippen LogP contribution in [0.15, 0.2) is 0 Å². The van der Waals surface area contributed by atoms with Gasteiger partial charge in [0.2, 0.25) is 0 Å². The fourth-order valence-corrected chi connectivity index (χ4v) is 3.85. The maximum absolute atomic E-state index is 12.7. The third-order valence-corrected chi connectivity index (χ3v) is 4.96. The SMILES string of the molecule is Cc1c(C(=O)Nc2c3c(nn2C)CCC3)[nH]c2c1C(=O)CCC2. The molecular weight excluding hydrogens is 292 g/mol. The zero-order valence-corrected chi connectivity index (χ0v) is 13.5. The third-order valence-electron chi connectivity index (χ3n) is 4.96. The molecule has 0 atom stereocenters. The first-order valence-corrected chi connectivity index (χ1v) is 8.17. The molecule has 6 nitrogen and oxygen atoms in total. The van der Waals surface area contributed by atoms with Crippen molar-refractivity contribution < 1.29 is 9.59 Å². The number of anilines is 1. The van der Waals surface area contributed by atoms with Crippen LogP contribution in [0.4, 0.5) is 5.82 Å². The minimum absolute atomic E-state index is 0.139. The van der Waals surface area contributed by atoms with Gasteiger partial charge in [-0.3, -0.25) is 14.3 Å². The second-order valence-corrected chi connectivity index (χ2v) is 6.46. The second kappa shape index (κ2) is 5.08. The van der Waals surface area contributed by atoms with Crippen molar-refractivity contribution in [1.29, 1.82) is 0 Å². The number of H-pyrrole nitrogens is 1. The minimum Gasteiger partial charge on any atom is -0.354 e. The summed E-state index contributed by atoms with van der Waals surface area (Å²) in [6, 6.07) is 0. The van der Waals surface area contributed by atoms with Gasteiger partial charge in [-0.25, -0.2) is 0 Å². The van der Waals surface area contributed by atoms with Crippen LogP contribution in [-0.2, 0) is 26.3 Å². The fraction of sp³-hybridized carbons (Fsp3) is 0.471. The number of hydrogen-bond acceptors (Lipinski definition) is 3. The average Bonchev–Trinajstić information content (AvgIpc) is 3.16. The summed E-state index contributed by atoms with van der Waals surface area (Å²) in [6.07, 6.45) is 5.27. The molecule has 0 fully saturated rings. The number of rotatable bonds is 2. The number of carbonyl (C=O) groups excluding carboxylic acids is 2. The molecule has 2 aliphatic rings. The minimum atomic E-state index is -0.192. The van der Waals surface area contributed by atoms with Crippen molar-refractivity contribution in [1.82, 2.24) is 14.8 Å². The number of nitrogens with one attached hydrogen (secondary N) is 2. The van der Waals surface area contributed by atoms with Crippen LogP contribution >= 0.6 is 0 Å². The average molecular weight is 312 g/mol. The van der Waals surface area contributed by atoms with E-state index in [1.807, 2.05) is 14.0 Å². The Balaban J connectivity index is 1.67. The van der Waals surface area contributed by atoms with Crippen LogP contribution in [0.3, 0.4) is 0 Å². The molecule has 0 aromatic carbocycles. The lowest BCUT2D eigenvalue weighted by molar-refractivity contribution is 0.0971. The molecule has 2 N–H and O–H groups in total. The largest absolute Gasteiger partial charge is 0.354 e. The first kappa shape index (κ1) is 14.2. The molecule has 1 amide bonds. The summed E-state index contributed by atoms with van der Waals surface area (Å²) in [7, 11) is 1.85. The van der Waals surface area contributed by atoms with Gasteiger partial charge in [-0.05, 0) is 44.6 Å². The summed E-state index contributed by atoms with van der Waals surface area (Å²) in [6.45, 7) is 1.85. The van der Waals surface area contributed by atoms with E-state index >= 15 is 0 Å². The normalized spacial score (nSPS) is 16.3. The van der Waals surface area contributed by atoms with Crippen LogP contribution in [0.2, 0.25) is 0 Å². The Kier molecular flexibility index (Phi) is 3.14. The topological polar surface area (TPSA) is 79.8 Å². The summed E-state index contributed by atoms with van der Waals surface area (Å²) < 4.78 is 1.74. The quantitative estimate of drug-likeness (QED) is 0.893. The smallest absolute Gasteiger partial charge is 0.273 e. The molecule has 2 aromatic heterocycles. The molecule has 0 bridgehead atoms. The van der Waals surface area contributed by atoms with Gasteiger partial charge in [0.15, 0.2) is 5.78 Å². The summed E-state index contributed by atoms with van der Waals surface area (Å²) >= 11 is 0. The van der Waals surface area contributed by atoms with Gasteiger partial charge in [-0.1, -0.05) is 0 Å². The molecule has 0 spiro atoms. The number of carbonyl (C=O) groups is 2. The van der Waals surface area contributed by atoms with E-state index in [-0.39, 0.29) is 11.7 Å². The van der Waals surface area contributed by atoms with Crippen molar-refractivity contribution in [3.05, 3.63) is 33.8 Å². The monoisotopic (exact) mass is 312 g/mol. The van der Waals surface area contributed by atoms with Gasteiger partial charge in [-0.15, -0.1) is 0 Å². The molecule has 23 heavy (non-hydrogen) atoms. The number of nitrogens with zero attached hydrogens (tertiary/aromatic N) is 2. The molecule has 0 aliphatic heterocycles. The van der Waals surface area contributed by atoms with Crippen molar-refractivity contribution in [2.45, 2.75) is 45.4 Å². The van der Waals surface area contributed by atoms with E-state index in [9.17, 15) is 9.59 Å². The van der Waals surface area contributed by atoms with E-state index in [1.165, 1.54) is 0 Å². The molecule has 6 heteroatoms. The van der Waals surface area contributed by atoms with Gasteiger partial charge in [-0.2, -0.15) is 5.10 Å². The summed E-state index contributed by atoms with van der Waals surface area (Å²) in [5.41, 5.74) is 5.11. The van der Waals surface area contributed by atoms with E-state index in [0.29, 0.717) is 12.1 Å². The van der Waals surface area contributed by atoms with Crippen LogP contribution in [-0.4, -0.2) is 26.5 Å². The number of ketones is 1. The Bertz CT molecular complexity index is 828. The van der Waals surface area contributed by atoms with Crippen LogP contribution < -0.4 is 5.32 Å². The third kappa shape index (κ3) is 2.12. The highest BCUT2D eigenvalue weighted by Crippen LogP contribution is 2.30. The van der Waals surface area contributed by atoms with Crippen molar-refractivity contribution >= 4 is 17.5 Å². The number of hydrogen-bond donors (Lipinski definition) is 2. The lowest BCUT2D eigenvalue weighted by Gasteiger charge is -2.09. The molecule has 0 saturated carbocycles. The Labute approximate surface area is 134 Å². The van der Waals surface area contributed by atoms with Crippen LogP contribution in [0.1, 0.15) is 62.6 Å². The van der Waals surface area contributed by atoms with Crippen LogP contribution in [0, 0.1) is 6.92 Å². The van der Waals surface area contributed by atoms with Gasteiger partial charge in [0.1, 0.15) is 11.5 Å². The maximum Gasteiger partial charge on any atom is 0.273 e. The first-order chi connectivity index (χ1) is 11.1. The predicted molar refractivity (Wildman–Crippen MR) is 86.0 cm³/mol. The zero-order valence-electron chi connectivity index (χ0n) is 13.5. The number of Topliss-reactive ketones (excluding diaryl/α,β-unsaturated/α-hetero) is 1.